The fourth-order valence-corrected chi connectivity index (χ4v) is 4.03. The van der Waals surface area contributed by atoms with Crippen LogP contribution in [0.2, 0.25) is 0 Å². The Morgan fingerprint density at radius 2 is 1.74 bits per heavy atom. The highest BCUT2D eigenvalue weighted by molar-refractivity contribution is 5.97. The molecule has 2 N–H and O–H groups in total. The van der Waals surface area contributed by atoms with Crippen molar-refractivity contribution in [3.63, 3.8) is 0 Å². The van der Waals surface area contributed by atoms with E-state index < -0.39 is 23.8 Å². The van der Waals surface area contributed by atoms with Crippen LogP contribution in [0.15, 0.2) is 63.6 Å². The van der Waals surface area contributed by atoms with Crippen molar-refractivity contribution in [2.75, 3.05) is 13.1 Å². The van der Waals surface area contributed by atoms with Crippen LogP contribution in [-0.2, 0) is 24.3 Å². The van der Waals surface area contributed by atoms with Gasteiger partial charge in [-0.2, -0.15) is 0 Å². The molecule has 9 nitrogen and oxygen atoms in total. The molecule has 9 heteroatoms. The minimum absolute atomic E-state index is 0.0972. The third-order valence-electron chi connectivity index (χ3n) is 6.00. The zero-order valence-electron chi connectivity index (χ0n) is 19.2. The Bertz CT molecular complexity index is 1150. The molecule has 1 atom stereocenters. The standard InChI is InChI=1S/C25H28N4O5/c1-3-28(4-2)16-19-11-12-21(34-19)24(31)27-26-23(30)20-14-17-8-5-6-9-18(17)15-29(20)25(32)22-10-7-13-33-22/h5-13,20H,3-4,14-16H2,1-2H3,(H,26,30)(H,27,31)/t20-/m1/s1. The van der Waals surface area contributed by atoms with Gasteiger partial charge in [-0.25, -0.2) is 0 Å². The Kier molecular flexibility index (Phi) is 7.12. The molecule has 3 heterocycles. The highest BCUT2D eigenvalue weighted by Crippen LogP contribution is 2.25. The van der Waals surface area contributed by atoms with E-state index in [-0.39, 0.29) is 18.1 Å². The van der Waals surface area contributed by atoms with Crippen LogP contribution in [0.4, 0.5) is 0 Å². The summed E-state index contributed by atoms with van der Waals surface area (Å²) in [7, 11) is 0. The minimum atomic E-state index is -0.817. The summed E-state index contributed by atoms with van der Waals surface area (Å²) in [6, 6.07) is 13.3. The van der Waals surface area contributed by atoms with Gasteiger partial charge in [-0.1, -0.05) is 38.1 Å². The van der Waals surface area contributed by atoms with Gasteiger partial charge >= 0.3 is 5.91 Å². The fraction of sp³-hybridized carbons (Fsp3) is 0.320. The van der Waals surface area contributed by atoms with E-state index in [1.807, 2.05) is 24.3 Å². The lowest BCUT2D eigenvalue weighted by molar-refractivity contribution is -0.127. The molecule has 1 aliphatic heterocycles. The number of carbonyl (C=O) groups is 3. The highest BCUT2D eigenvalue weighted by atomic mass is 16.4. The Labute approximate surface area is 197 Å². The Morgan fingerprint density at radius 1 is 0.971 bits per heavy atom. The van der Waals surface area contributed by atoms with Gasteiger partial charge in [0.2, 0.25) is 0 Å². The summed E-state index contributed by atoms with van der Waals surface area (Å²) in [4.78, 5) is 42.3. The third kappa shape index (κ3) is 5.04. The lowest BCUT2D eigenvalue weighted by Crippen LogP contribution is -2.56. The maximum absolute atomic E-state index is 13.1. The average Bonchev–Trinajstić information content (AvgIpc) is 3.57. The van der Waals surface area contributed by atoms with E-state index in [1.54, 1.807) is 24.3 Å². The molecule has 0 saturated carbocycles. The molecule has 178 valence electrons. The number of nitrogens with zero attached hydrogens (tertiary/aromatic N) is 2. The maximum atomic E-state index is 13.1. The number of furan rings is 2. The molecule has 0 unspecified atom stereocenters. The predicted octanol–water partition coefficient (Wildman–Crippen LogP) is 2.74. The number of amides is 3. The van der Waals surface area contributed by atoms with Crippen molar-refractivity contribution in [1.82, 2.24) is 20.7 Å². The van der Waals surface area contributed by atoms with Gasteiger partial charge in [-0.3, -0.25) is 30.1 Å². The molecule has 0 radical (unpaired) electrons. The largest absolute Gasteiger partial charge is 0.459 e. The van der Waals surface area contributed by atoms with E-state index in [4.69, 9.17) is 8.83 Å². The number of hydrogen-bond donors (Lipinski definition) is 2. The number of fused-ring (bicyclic) bond motifs is 1. The SMILES string of the molecule is CCN(CC)Cc1ccc(C(=O)NNC(=O)[C@H]2Cc3ccccc3CN2C(=O)c2ccco2)o1. The van der Waals surface area contributed by atoms with Gasteiger partial charge in [0.15, 0.2) is 11.5 Å². The van der Waals surface area contributed by atoms with E-state index in [2.05, 4.69) is 29.6 Å². The number of nitrogens with one attached hydrogen (secondary N) is 2. The molecule has 0 spiro atoms. The summed E-state index contributed by atoms with van der Waals surface area (Å²) in [6.45, 7) is 6.70. The second kappa shape index (κ2) is 10.4. The van der Waals surface area contributed by atoms with Crippen molar-refractivity contribution in [3.05, 3.63) is 83.2 Å². The van der Waals surface area contributed by atoms with Crippen LogP contribution in [0.5, 0.6) is 0 Å². The zero-order valence-corrected chi connectivity index (χ0v) is 19.2. The predicted molar refractivity (Wildman–Crippen MR) is 123 cm³/mol. The fourth-order valence-electron chi connectivity index (χ4n) is 4.03. The number of hydrogen-bond acceptors (Lipinski definition) is 6. The van der Waals surface area contributed by atoms with Gasteiger partial charge in [0.25, 0.3) is 11.8 Å². The Balaban J connectivity index is 1.44. The van der Waals surface area contributed by atoms with E-state index >= 15 is 0 Å². The minimum Gasteiger partial charge on any atom is -0.459 e. The van der Waals surface area contributed by atoms with E-state index in [0.29, 0.717) is 18.7 Å². The van der Waals surface area contributed by atoms with Crippen LogP contribution in [0.25, 0.3) is 0 Å². The molecule has 1 aromatic carbocycles. The number of benzene rings is 1. The number of carbonyl (C=O) groups excluding carboxylic acids is 3. The van der Waals surface area contributed by atoms with Crippen LogP contribution >= 0.6 is 0 Å². The zero-order chi connectivity index (χ0) is 24.1. The summed E-state index contributed by atoms with van der Waals surface area (Å²) in [5.74, 6) is -0.549. The maximum Gasteiger partial charge on any atom is 0.305 e. The Morgan fingerprint density at radius 3 is 2.44 bits per heavy atom. The van der Waals surface area contributed by atoms with Crippen LogP contribution in [0, 0.1) is 0 Å². The molecular formula is C25H28N4O5. The molecule has 0 aliphatic carbocycles. The first-order chi connectivity index (χ1) is 16.5. The summed E-state index contributed by atoms with van der Waals surface area (Å²) in [5, 5.41) is 0. The molecule has 2 aromatic heterocycles. The molecule has 34 heavy (non-hydrogen) atoms. The van der Waals surface area contributed by atoms with E-state index in [9.17, 15) is 14.4 Å². The van der Waals surface area contributed by atoms with Crippen molar-refractivity contribution in [1.29, 1.82) is 0 Å². The molecule has 3 aromatic rings. The lowest BCUT2D eigenvalue weighted by atomic mass is 9.93. The second-order valence-corrected chi connectivity index (χ2v) is 8.07. The molecule has 0 fully saturated rings. The van der Waals surface area contributed by atoms with E-state index in [0.717, 1.165) is 24.2 Å². The quantitative estimate of drug-likeness (QED) is 0.521. The summed E-state index contributed by atoms with van der Waals surface area (Å²) < 4.78 is 10.9. The van der Waals surface area contributed by atoms with Gasteiger partial charge in [0.1, 0.15) is 11.8 Å². The molecule has 0 bridgehead atoms. The lowest BCUT2D eigenvalue weighted by Gasteiger charge is -2.35. The van der Waals surface area contributed by atoms with Gasteiger partial charge < -0.3 is 13.7 Å². The first-order valence-corrected chi connectivity index (χ1v) is 11.3. The van der Waals surface area contributed by atoms with Crippen LogP contribution in [-0.4, -0.2) is 46.7 Å². The van der Waals surface area contributed by atoms with Crippen molar-refractivity contribution in [3.8, 4) is 0 Å². The van der Waals surface area contributed by atoms with Crippen molar-refractivity contribution < 1.29 is 23.2 Å². The second-order valence-electron chi connectivity index (χ2n) is 8.07. The normalized spacial score (nSPS) is 15.1. The van der Waals surface area contributed by atoms with Gasteiger partial charge in [-0.05, 0) is 48.5 Å². The first kappa shape index (κ1) is 23.3. The van der Waals surface area contributed by atoms with Gasteiger partial charge in [0, 0.05) is 13.0 Å². The smallest absolute Gasteiger partial charge is 0.305 e. The molecule has 4 rings (SSSR count). The molecular weight excluding hydrogens is 436 g/mol. The molecule has 1 aliphatic rings. The molecule has 3 amide bonds. The summed E-state index contributed by atoms with van der Waals surface area (Å²) >= 11 is 0. The third-order valence-corrected chi connectivity index (χ3v) is 6.00. The average molecular weight is 465 g/mol. The van der Waals surface area contributed by atoms with Crippen LogP contribution in [0.1, 0.15) is 51.8 Å². The topological polar surface area (TPSA) is 108 Å². The van der Waals surface area contributed by atoms with E-state index in [1.165, 1.54) is 11.2 Å². The van der Waals surface area contributed by atoms with Crippen molar-refractivity contribution >= 4 is 17.7 Å². The van der Waals surface area contributed by atoms with Crippen LogP contribution < -0.4 is 10.9 Å². The van der Waals surface area contributed by atoms with Crippen LogP contribution in [0.3, 0.4) is 0 Å². The first-order valence-electron chi connectivity index (χ1n) is 11.3. The monoisotopic (exact) mass is 464 g/mol. The number of hydrazine groups is 1. The van der Waals surface area contributed by atoms with Crippen molar-refractivity contribution in [2.45, 2.75) is 39.4 Å². The van der Waals surface area contributed by atoms with Gasteiger partial charge in [-0.15, -0.1) is 0 Å². The summed E-state index contributed by atoms with van der Waals surface area (Å²) in [6.07, 6.45) is 1.73. The van der Waals surface area contributed by atoms with Crippen molar-refractivity contribution in [2.24, 2.45) is 0 Å². The number of rotatable bonds is 7. The van der Waals surface area contributed by atoms with Gasteiger partial charge in [0.05, 0.1) is 12.8 Å². The molecule has 0 saturated heterocycles. The highest BCUT2D eigenvalue weighted by Gasteiger charge is 2.36. The Hall–Kier alpha value is -3.85. The summed E-state index contributed by atoms with van der Waals surface area (Å²) in [5.41, 5.74) is 6.79.